The first-order valence-corrected chi connectivity index (χ1v) is 14.6. The van der Waals surface area contributed by atoms with Gasteiger partial charge in [0.25, 0.3) is 0 Å². The molecule has 0 aliphatic carbocycles. The monoisotopic (exact) mass is 559 g/mol. The molecule has 4 rings (SSSR count). The molecule has 202 valence electrons. The number of fused-ring (bicyclic) bond motifs is 1. The number of imidazole rings is 1. The quantitative estimate of drug-likeness (QED) is 0.104. The van der Waals surface area contributed by atoms with Crippen molar-refractivity contribution < 1.29 is 30.7 Å². The van der Waals surface area contributed by atoms with Gasteiger partial charge < -0.3 is 9.30 Å². The highest BCUT2D eigenvalue weighted by molar-refractivity contribution is 7.98. The van der Waals surface area contributed by atoms with E-state index in [4.69, 9.17) is 4.74 Å². The SMILES string of the molecule is CCOCCCn1c(SCc2cc(F)c(F)c(F)c2F)nc2cc(S(=O)(=O)N3CCC[C@@H](C)C3)ccc21. The van der Waals surface area contributed by atoms with E-state index >= 15 is 0 Å². The fourth-order valence-corrected chi connectivity index (χ4v) is 7.05. The molecule has 1 aromatic heterocycles. The molecule has 1 aliphatic heterocycles. The van der Waals surface area contributed by atoms with Crippen LogP contribution in [0.1, 0.15) is 38.7 Å². The Morgan fingerprint density at radius 3 is 2.65 bits per heavy atom. The predicted molar refractivity (Wildman–Crippen MR) is 134 cm³/mol. The van der Waals surface area contributed by atoms with Crippen molar-refractivity contribution >= 4 is 32.8 Å². The lowest BCUT2D eigenvalue weighted by Crippen LogP contribution is -2.39. The third-order valence-corrected chi connectivity index (χ3v) is 9.24. The van der Waals surface area contributed by atoms with Gasteiger partial charge in [-0.15, -0.1) is 0 Å². The molecule has 0 amide bonds. The Bertz CT molecular complexity index is 1380. The van der Waals surface area contributed by atoms with E-state index in [2.05, 4.69) is 4.98 Å². The highest BCUT2D eigenvalue weighted by Crippen LogP contribution is 2.32. The van der Waals surface area contributed by atoms with Gasteiger partial charge in [-0.2, -0.15) is 4.31 Å². The Balaban J connectivity index is 1.66. The van der Waals surface area contributed by atoms with Crippen LogP contribution in [0.2, 0.25) is 0 Å². The summed E-state index contributed by atoms with van der Waals surface area (Å²) in [6.07, 6.45) is 2.42. The number of thioether (sulfide) groups is 1. The van der Waals surface area contributed by atoms with Crippen molar-refractivity contribution in [3.63, 3.8) is 0 Å². The maximum absolute atomic E-state index is 14.2. The van der Waals surface area contributed by atoms with Gasteiger partial charge in [0.15, 0.2) is 28.4 Å². The number of piperidine rings is 1. The van der Waals surface area contributed by atoms with E-state index in [1.807, 2.05) is 18.4 Å². The first-order chi connectivity index (χ1) is 17.6. The molecule has 0 unspecified atom stereocenters. The molecule has 1 aliphatic rings. The zero-order valence-corrected chi connectivity index (χ0v) is 22.3. The summed E-state index contributed by atoms with van der Waals surface area (Å²) >= 11 is 1.02. The van der Waals surface area contributed by atoms with Crippen LogP contribution < -0.4 is 0 Å². The van der Waals surface area contributed by atoms with E-state index in [-0.39, 0.29) is 22.1 Å². The van der Waals surface area contributed by atoms with Crippen LogP contribution in [0, 0.1) is 29.2 Å². The van der Waals surface area contributed by atoms with Crippen LogP contribution in [-0.4, -0.2) is 48.6 Å². The molecule has 37 heavy (non-hydrogen) atoms. The lowest BCUT2D eigenvalue weighted by atomic mass is 10.0. The second-order valence-corrected chi connectivity index (χ2v) is 12.0. The standard InChI is InChI=1S/C25H29F4N3O3S2/c1-3-35-11-5-10-32-21-8-7-18(37(33,34)31-9-4-6-16(2)14-31)13-20(21)30-25(32)36-15-17-12-19(26)23(28)24(29)22(17)27/h7-8,12-13,16H,3-6,9-11,14-15H2,1-2H3/t16-/m1/s1. The summed E-state index contributed by atoms with van der Waals surface area (Å²) in [5, 5.41) is 0.414. The molecule has 0 N–H and O–H groups in total. The van der Waals surface area contributed by atoms with Gasteiger partial charge in [-0.1, -0.05) is 18.7 Å². The molecule has 0 spiro atoms. The number of rotatable bonds is 10. The molecule has 6 nitrogen and oxygen atoms in total. The maximum Gasteiger partial charge on any atom is 0.243 e. The molecule has 2 heterocycles. The Kier molecular flexibility index (Phi) is 8.82. The first kappa shape index (κ1) is 27.9. The Morgan fingerprint density at radius 2 is 1.92 bits per heavy atom. The Hall–Kier alpha value is -2.15. The average Bonchev–Trinajstić information content (AvgIpc) is 3.23. The topological polar surface area (TPSA) is 64.4 Å². The smallest absolute Gasteiger partial charge is 0.243 e. The molecule has 2 aromatic carbocycles. The van der Waals surface area contributed by atoms with Crippen LogP contribution in [0.15, 0.2) is 34.3 Å². The van der Waals surface area contributed by atoms with Gasteiger partial charge in [0, 0.05) is 44.2 Å². The number of ether oxygens (including phenoxy) is 1. The number of aromatic nitrogens is 2. The summed E-state index contributed by atoms with van der Waals surface area (Å²) in [4.78, 5) is 4.71. The predicted octanol–water partition coefficient (Wildman–Crippen LogP) is 5.73. The number of nitrogens with zero attached hydrogens (tertiary/aromatic N) is 3. The van der Waals surface area contributed by atoms with Crippen molar-refractivity contribution in [2.24, 2.45) is 5.92 Å². The van der Waals surface area contributed by atoms with Gasteiger partial charge in [0.1, 0.15) is 0 Å². The normalized spacial score (nSPS) is 17.1. The van der Waals surface area contributed by atoms with Crippen molar-refractivity contribution in [1.82, 2.24) is 13.9 Å². The first-order valence-electron chi connectivity index (χ1n) is 12.2. The van der Waals surface area contributed by atoms with Crippen LogP contribution >= 0.6 is 11.8 Å². The second-order valence-electron chi connectivity index (χ2n) is 9.11. The maximum atomic E-state index is 14.2. The molecule has 12 heteroatoms. The van der Waals surface area contributed by atoms with E-state index in [1.54, 1.807) is 12.1 Å². The van der Waals surface area contributed by atoms with Crippen LogP contribution in [0.3, 0.4) is 0 Å². The lowest BCUT2D eigenvalue weighted by molar-refractivity contribution is 0.141. The minimum Gasteiger partial charge on any atom is -0.382 e. The zero-order chi connectivity index (χ0) is 26.7. The molecule has 1 fully saturated rings. The molecule has 0 radical (unpaired) electrons. The summed E-state index contributed by atoms with van der Waals surface area (Å²) in [5.74, 6) is -6.56. The van der Waals surface area contributed by atoms with Crippen LogP contribution in [0.25, 0.3) is 11.0 Å². The van der Waals surface area contributed by atoms with Crippen LogP contribution in [-0.2, 0) is 27.1 Å². The summed E-state index contributed by atoms with van der Waals surface area (Å²) in [6, 6.07) is 5.39. The van der Waals surface area contributed by atoms with E-state index in [0.717, 1.165) is 24.6 Å². The molecule has 1 atom stereocenters. The van der Waals surface area contributed by atoms with E-state index in [0.29, 0.717) is 61.5 Å². The van der Waals surface area contributed by atoms with Crippen LogP contribution in [0.5, 0.6) is 0 Å². The van der Waals surface area contributed by atoms with Gasteiger partial charge >= 0.3 is 0 Å². The molecular weight excluding hydrogens is 530 g/mol. The number of hydrogen-bond acceptors (Lipinski definition) is 5. The minimum absolute atomic E-state index is 0.137. The highest BCUT2D eigenvalue weighted by Gasteiger charge is 2.29. The number of benzene rings is 2. The Morgan fingerprint density at radius 1 is 1.14 bits per heavy atom. The van der Waals surface area contributed by atoms with Crippen molar-refractivity contribution in [3.8, 4) is 0 Å². The number of halogens is 4. The van der Waals surface area contributed by atoms with Gasteiger partial charge in [-0.25, -0.2) is 31.0 Å². The summed E-state index contributed by atoms with van der Waals surface area (Å²) in [6.45, 7) is 6.36. The van der Waals surface area contributed by atoms with E-state index in [1.165, 1.54) is 10.4 Å². The van der Waals surface area contributed by atoms with Gasteiger partial charge in [0.05, 0.1) is 15.9 Å². The number of aryl methyl sites for hydroxylation is 1. The fraction of sp³-hybridized carbons (Fsp3) is 0.480. The van der Waals surface area contributed by atoms with Crippen molar-refractivity contribution in [2.75, 3.05) is 26.3 Å². The highest BCUT2D eigenvalue weighted by atomic mass is 32.2. The van der Waals surface area contributed by atoms with Gasteiger partial charge in [0.2, 0.25) is 10.0 Å². The molecular formula is C25H29F4N3O3S2. The third-order valence-electron chi connectivity index (χ3n) is 6.35. The number of sulfonamides is 1. The average molecular weight is 560 g/mol. The van der Waals surface area contributed by atoms with E-state index < -0.39 is 33.3 Å². The van der Waals surface area contributed by atoms with Crippen molar-refractivity contribution in [3.05, 3.63) is 53.1 Å². The van der Waals surface area contributed by atoms with E-state index in [9.17, 15) is 26.0 Å². The summed E-state index contributed by atoms with van der Waals surface area (Å²) in [7, 11) is -3.70. The Labute approximate surface area is 218 Å². The lowest BCUT2D eigenvalue weighted by Gasteiger charge is -2.30. The number of hydrogen-bond donors (Lipinski definition) is 0. The van der Waals surface area contributed by atoms with Gasteiger partial charge in [-0.05, 0) is 56.4 Å². The van der Waals surface area contributed by atoms with Crippen molar-refractivity contribution in [1.29, 1.82) is 0 Å². The van der Waals surface area contributed by atoms with Crippen LogP contribution in [0.4, 0.5) is 17.6 Å². The third kappa shape index (κ3) is 5.97. The molecule has 3 aromatic rings. The summed E-state index contributed by atoms with van der Waals surface area (Å²) < 4.78 is 90.3. The summed E-state index contributed by atoms with van der Waals surface area (Å²) in [5.41, 5.74) is 0.765. The molecule has 0 saturated carbocycles. The second kappa shape index (κ2) is 11.7. The van der Waals surface area contributed by atoms with Gasteiger partial charge in [-0.3, -0.25) is 0 Å². The zero-order valence-electron chi connectivity index (χ0n) is 20.6. The minimum atomic E-state index is -3.70. The fourth-order valence-electron chi connectivity index (χ4n) is 4.43. The largest absolute Gasteiger partial charge is 0.382 e. The van der Waals surface area contributed by atoms with Crippen molar-refractivity contribution in [2.45, 2.75) is 55.5 Å². The molecule has 1 saturated heterocycles. The molecule has 0 bridgehead atoms.